The monoisotopic (exact) mass is 217 g/mol. The second-order valence-electron chi connectivity index (χ2n) is 4.76. The van der Waals surface area contributed by atoms with Gasteiger partial charge in [0.2, 0.25) is 11.8 Å². The molecule has 1 heterocycles. The molecule has 1 aliphatic rings. The maximum atomic E-state index is 11.7. The van der Waals surface area contributed by atoms with Crippen LogP contribution in [0.1, 0.15) is 25.8 Å². The van der Waals surface area contributed by atoms with E-state index in [1.54, 1.807) is 0 Å². The van der Waals surface area contributed by atoms with Crippen molar-refractivity contribution in [3.63, 3.8) is 0 Å². The number of benzene rings is 1. The Balaban J connectivity index is 2.32. The molecular weight excluding hydrogens is 202 g/mol. The molecule has 1 aromatic rings. The van der Waals surface area contributed by atoms with Gasteiger partial charge in [-0.2, -0.15) is 0 Å². The van der Waals surface area contributed by atoms with Crippen LogP contribution >= 0.6 is 0 Å². The average molecular weight is 217 g/mol. The fourth-order valence-electron chi connectivity index (χ4n) is 2.21. The fourth-order valence-corrected chi connectivity index (χ4v) is 2.21. The van der Waals surface area contributed by atoms with Gasteiger partial charge in [0.25, 0.3) is 0 Å². The van der Waals surface area contributed by atoms with Crippen molar-refractivity contribution in [2.45, 2.75) is 25.7 Å². The minimum absolute atomic E-state index is 0.154. The van der Waals surface area contributed by atoms with Gasteiger partial charge in [0, 0.05) is 11.8 Å². The Bertz CT molecular complexity index is 423. The summed E-state index contributed by atoms with van der Waals surface area (Å²) >= 11 is 0. The van der Waals surface area contributed by atoms with Gasteiger partial charge in [0.05, 0.1) is 5.92 Å². The number of amides is 2. The van der Waals surface area contributed by atoms with Gasteiger partial charge in [-0.25, -0.2) is 0 Å². The van der Waals surface area contributed by atoms with E-state index in [1.165, 1.54) is 0 Å². The third-order valence-electron chi connectivity index (χ3n) is 3.36. The summed E-state index contributed by atoms with van der Waals surface area (Å²) in [5.74, 6) is -0.583. The highest BCUT2D eigenvalue weighted by molar-refractivity contribution is 6.04. The van der Waals surface area contributed by atoms with E-state index in [4.69, 9.17) is 0 Å². The van der Waals surface area contributed by atoms with Crippen molar-refractivity contribution in [1.29, 1.82) is 0 Å². The Kier molecular flexibility index (Phi) is 2.54. The Hall–Kier alpha value is -1.64. The topological polar surface area (TPSA) is 46.2 Å². The summed E-state index contributed by atoms with van der Waals surface area (Å²) in [4.78, 5) is 22.9. The van der Waals surface area contributed by atoms with Crippen molar-refractivity contribution in [1.82, 2.24) is 5.32 Å². The van der Waals surface area contributed by atoms with Crippen molar-refractivity contribution in [2.24, 2.45) is 5.92 Å². The van der Waals surface area contributed by atoms with Gasteiger partial charge < -0.3 is 0 Å². The molecule has 2 rings (SSSR count). The highest BCUT2D eigenvalue weighted by atomic mass is 16.2. The molecule has 0 bridgehead atoms. The summed E-state index contributed by atoms with van der Waals surface area (Å²) in [6.07, 6.45) is 0.292. The first-order valence-corrected chi connectivity index (χ1v) is 5.41. The standard InChI is InChI=1S/C13H15NO2/c1-13(2,9-6-4-3-5-7-9)10-8-11(15)14-12(10)16/h3-7,10H,8H2,1-2H3,(H,14,15,16). The van der Waals surface area contributed by atoms with Crippen molar-refractivity contribution >= 4 is 11.8 Å². The first kappa shape index (κ1) is 10.9. The lowest BCUT2D eigenvalue weighted by atomic mass is 9.72. The van der Waals surface area contributed by atoms with Crippen LogP contribution in [-0.2, 0) is 15.0 Å². The molecule has 16 heavy (non-hydrogen) atoms. The highest BCUT2D eigenvalue weighted by Gasteiger charge is 2.42. The predicted molar refractivity (Wildman–Crippen MR) is 60.7 cm³/mol. The molecule has 3 nitrogen and oxygen atoms in total. The molecule has 0 saturated carbocycles. The lowest BCUT2D eigenvalue weighted by Gasteiger charge is -2.29. The van der Waals surface area contributed by atoms with E-state index in [9.17, 15) is 9.59 Å². The van der Waals surface area contributed by atoms with Crippen LogP contribution in [0.25, 0.3) is 0 Å². The molecule has 1 N–H and O–H groups in total. The molecule has 1 aromatic carbocycles. The summed E-state index contributed by atoms with van der Waals surface area (Å²) in [5, 5.41) is 2.36. The second kappa shape index (κ2) is 3.74. The molecule has 1 aliphatic heterocycles. The molecule has 0 radical (unpaired) electrons. The van der Waals surface area contributed by atoms with Crippen LogP contribution in [0.5, 0.6) is 0 Å². The Labute approximate surface area is 94.9 Å². The SMILES string of the molecule is CC(C)(c1ccccc1)C1CC(=O)NC1=O. The van der Waals surface area contributed by atoms with Crippen LogP contribution < -0.4 is 5.32 Å². The van der Waals surface area contributed by atoms with E-state index in [0.29, 0.717) is 6.42 Å². The molecule has 0 aliphatic carbocycles. The number of hydrogen-bond acceptors (Lipinski definition) is 2. The first-order valence-electron chi connectivity index (χ1n) is 5.41. The van der Waals surface area contributed by atoms with E-state index in [0.717, 1.165) is 5.56 Å². The van der Waals surface area contributed by atoms with Crippen LogP contribution in [0.15, 0.2) is 30.3 Å². The van der Waals surface area contributed by atoms with E-state index in [2.05, 4.69) is 5.32 Å². The lowest BCUT2D eigenvalue weighted by molar-refractivity contribution is -0.126. The van der Waals surface area contributed by atoms with Crippen molar-refractivity contribution < 1.29 is 9.59 Å². The van der Waals surface area contributed by atoms with Crippen molar-refractivity contribution in [3.8, 4) is 0 Å². The van der Waals surface area contributed by atoms with Gasteiger partial charge in [-0.3, -0.25) is 14.9 Å². The van der Waals surface area contributed by atoms with Crippen molar-refractivity contribution in [3.05, 3.63) is 35.9 Å². The number of imide groups is 1. The smallest absolute Gasteiger partial charge is 0.231 e. The Morgan fingerprint density at radius 1 is 1.19 bits per heavy atom. The zero-order valence-electron chi connectivity index (χ0n) is 9.49. The lowest BCUT2D eigenvalue weighted by Crippen LogP contribution is -2.34. The summed E-state index contributed by atoms with van der Waals surface area (Å²) in [6, 6.07) is 9.84. The van der Waals surface area contributed by atoms with Gasteiger partial charge in [-0.1, -0.05) is 44.2 Å². The highest BCUT2D eigenvalue weighted by Crippen LogP contribution is 2.35. The molecule has 0 aromatic heterocycles. The maximum Gasteiger partial charge on any atom is 0.231 e. The fraction of sp³-hybridized carbons (Fsp3) is 0.385. The minimum Gasteiger partial charge on any atom is -0.296 e. The molecule has 0 spiro atoms. The van der Waals surface area contributed by atoms with E-state index in [-0.39, 0.29) is 23.1 Å². The molecule has 1 unspecified atom stereocenters. The van der Waals surface area contributed by atoms with Crippen LogP contribution in [0, 0.1) is 5.92 Å². The van der Waals surface area contributed by atoms with Crippen LogP contribution in [0.4, 0.5) is 0 Å². The molecule has 84 valence electrons. The van der Waals surface area contributed by atoms with Crippen LogP contribution in [-0.4, -0.2) is 11.8 Å². The summed E-state index contributed by atoms with van der Waals surface area (Å²) in [6.45, 7) is 4.01. The number of rotatable bonds is 2. The van der Waals surface area contributed by atoms with Crippen molar-refractivity contribution in [2.75, 3.05) is 0 Å². The number of carbonyl (C=O) groups excluding carboxylic acids is 2. The molecular formula is C13H15NO2. The van der Waals surface area contributed by atoms with Crippen LogP contribution in [0.3, 0.4) is 0 Å². The predicted octanol–water partition coefficient (Wildman–Crippen LogP) is 1.63. The Morgan fingerprint density at radius 2 is 1.81 bits per heavy atom. The maximum absolute atomic E-state index is 11.7. The summed E-state index contributed by atoms with van der Waals surface area (Å²) < 4.78 is 0. The third-order valence-corrected chi connectivity index (χ3v) is 3.36. The Morgan fingerprint density at radius 3 is 2.31 bits per heavy atom. The number of nitrogens with one attached hydrogen (secondary N) is 1. The number of carbonyl (C=O) groups is 2. The molecule has 1 fully saturated rings. The van der Waals surface area contributed by atoms with E-state index < -0.39 is 0 Å². The van der Waals surface area contributed by atoms with E-state index >= 15 is 0 Å². The molecule has 3 heteroatoms. The average Bonchev–Trinajstić information content (AvgIpc) is 2.60. The minimum atomic E-state index is -0.308. The summed E-state index contributed by atoms with van der Waals surface area (Å²) in [5.41, 5.74) is 0.780. The quantitative estimate of drug-likeness (QED) is 0.765. The zero-order chi connectivity index (χ0) is 11.8. The molecule has 1 saturated heterocycles. The largest absolute Gasteiger partial charge is 0.296 e. The normalized spacial score (nSPS) is 21.0. The first-order chi connectivity index (χ1) is 7.51. The zero-order valence-corrected chi connectivity index (χ0v) is 9.49. The summed E-state index contributed by atoms with van der Waals surface area (Å²) in [7, 11) is 0. The van der Waals surface area contributed by atoms with Gasteiger partial charge in [0.15, 0.2) is 0 Å². The number of hydrogen-bond donors (Lipinski definition) is 1. The second-order valence-corrected chi connectivity index (χ2v) is 4.76. The van der Waals surface area contributed by atoms with Gasteiger partial charge in [-0.15, -0.1) is 0 Å². The van der Waals surface area contributed by atoms with Gasteiger partial charge >= 0.3 is 0 Å². The molecule has 2 amide bonds. The third kappa shape index (κ3) is 1.73. The van der Waals surface area contributed by atoms with Crippen LogP contribution in [0.2, 0.25) is 0 Å². The van der Waals surface area contributed by atoms with Gasteiger partial charge in [-0.05, 0) is 5.56 Å². The van der Waals surface area contributed by atoms with E-state index in [1.807, 2.05) is 44.2 Å². The molecule has 1 atom stereocenters. The van der Waals surface area contributed by atoms with Gasteiger partial charge in [0.1, 0.15) is 0 Å².